The summed E-state index contributed by atoms with van der Waals surface area (Å²) in [7, 11) is 0.943. The van der Waals surface area contributed by atoms with Gasteiger partial charge < -0.3 is 19.7 Å². The molecule has 9 nitrogen and oxygen atoms in total. The van der Waals surface area contributed by atoms with E-state index in [4.69, 9.17) is 9.47 Å². The molecule has 37 heavy (non-hydrogen) atoms. The molecule has 0 bridgehead atoms. The summed E-state index contributed by atoms with van der Waals surface area (Å²) in [4.78, 5) is 27.5. The van der Waals surface area contributed by atoms with E-state index in [9.17, 15) is 18.0 Å². The lowest BCUT2D eigenvalue weighted by Gasteiger charge is -2.18. The van der Waals surface area contributed by atoms with Crippen molar-refractivity contribution in [1.29, 1.82) is 0 Å². The first kappa shape index (κ1) is 26.2. The SMILES string of the molecule is COc1ccc(C(=O)N2CCc3ccc(NC(=O)COc4ccc(S(=O)(=O)N(C)C)cc4C)cc32)cc1. The largest absolute Gasteiger partial charge is 0.497 e. The molecule has 0 atom stereocenters. The van der Waals surface area contributed by atoms with Crippen LogP contribution in [-0.4, -0.2) is 58.9 Å². The average molecular weight is 524 g/mol. The lowest BCUT2D eigenvalue weighted by Crippen LogP contribution is -2.29. The van der Waals surface area contributed by atoms with E-state index in [0.717, 1.165) is 22.0 Å². The highest BCUT2D eigenvalue weighted by Crippen LogP contribution is 2.32. The van der Waals surface area contributed by atoms with Gasteiger partial charge >= 0.3 is 0 Å². The number of aryl methyl sites for hydroxylation is 1. The van der Waals surface area contributed by atoms with E-state index in [-0.39, 0.29) is 23.3 Å². The molecule has 1 N–H and O–H groups in total. The number of sulfonamides is 1. The van der Waals surface area contributed by atoms with Crippen LogP contribution in [0.15, 0.2) is 65.6 Å². The maximum absolute atomic E-state index is 13.1. The average Bonchev–Trinajstić information content (AvgIpc) is 3.30. The molecule has 1 aliphatic rings. The van der Waals surface area contributed by atoms with Crippen LogP contribution in [0.4, 0.5) is 11.4 Å². The zero-order valence-electron chi connectivity index (χ0n) is 21.1. The molecular formula is C27H29N3O6S. The van der Waals surface area contributed by atoms with Gasteiger partial charge in [-0.3, -0.25) is 9.59 Å². The second kappa shape index (κ2) is 10.6. The number of hydrogen-bond acceptors (Lipinski definition) is 6. The molecule has 0 radical (unpaired) electrons. The number of amides is 2. The zero-order valence-corrected chi connectivity index (χ0v) is 22.0. The Balaban J connectivity index is 1.41. The maximum Gasteiger partial charge on any atom is 0.262 e. The van der Waals surface area contributed by atoms with Gasteiger partial charge in [0.2, 0.25) is 10.0 Å². The van der Waals surface area contributed by atoms with Crippen molar-refractivity contribution in [2.75, 3.05) is 44.6 Å². The maximum atomic E-state index is 13.1. The summed E-state index contributed by atoms with van der Waals surface area (Å²) in [5, 5.41) is 2.81. The van der Waals surface area contributed by atoms with Crippen LogP contribution in [0.2, 0.25) is 0 Å². The summed E-state index contributed by atoms with van der Waals surface area (Å²) in [5.41, 5.74) is 3.48. The van der Waals surface area contributed by atoms with Gasteiger partial charge in [-0.15, -0.1) is 0 Å². The number of carbonyl (C=O) groups is 2. The van der Waals surface area contributed by atoms with Gasteiger partial charge in [0, 0.05) is 37.6 Å². The van der Waals surface area contributed by atoms with Crippen LogP contribution in [0.25, 0.3) is 0 Å². The summed E-state index contributed by atoms with van der Waals surface area (Å²) in [6, 6.07) is 16.9. The lowest BCUT2D eigenvalue weighted by atomic mass is 10.1. The number of nitrogens with one attached hydrogen (secondary N) is 1. The summed E-state index contributed by atoms with van der Waals surface area (Å²) >= 11 is 0. The number of rotatable bonds is 8. The minimum atomic E-state index is -3.56. The van der Waals surface area contributed by atoms with E-state index in [2.05, 4.69) is 5.32 Å². The molecule has 0 unspecified atom stereocenters. The predicted molar refractivity (Wildman–Crippen MR) is 141 cm³/mol. The van der Waals surface area contributed by atoms with E-state index in [1.54, 1.807) is 55.3 Å². The van der Waals surface area contributed by atoms with E-state index in [1.807, 2.05) is 6.07 Å². The van der Waals surface area contributed by atoms with Crippen LogP contribution in [0.3, 0.4) is 0 Å². The minimum Gasteiger partial charge on any atom is -0.497 e. The molecule has 1 heterocycles. The number of ether oxygens (including phenoxy) is 2. The third-order valence-corrected chi connectivity index (χ3v) is 7.94. The monoisotopic (exact) mass is 523 g/mol. The molecule has 1 aliphatic heterocycles. The first-order chi connectivity index (χ1) is 17.6. The van der Waals surface area contributed by atoms with Gasteiger partial charge in [0.05, 0.1) is 12.0 Å². The fourth-order valence-corrected chi connectivity index (χ4v) is 5.04. The third kappa shape index (κ3) is 5.60. The highest BCUT2D eigenvalue weighted by atomic mass is 32.2. The van der Waals surface area contributed by atoms with Gasteiger partial charge in [0.1, 0.15) is 11.5 Å². The van der Waals surface area contributed by atoms with Crippen molar-refractivity contribution in [3.63, 3.8) is 0 Å². The Hall–Kier alpha value is -3.89. The number of nitrogens with zero attached hydrogens (tertiary/aromatic N) is 2. The van der Waals surface area contributed by atoms with Crippen LogP contribution in [-0.2, 0) is 21.2 Å². The van der Waals surface area contributed by atoms with Gasteiger partial charge in [-0.05, 0) is 79.1 Å². The predicted octanol–water partition coefficient (Wildman–Crippen LogP) is 3.47. The molecule has 0 spiro atoms. The van der Waals surface area contributed by atoms with Gasteiger partial charge in [0.15, 0.2) is 6.61 Å². The first-order valence-electron chi connectivity index (χ1n) is 11.6. The number of fused-ring (bicyclic) bond motifs is 1. The van der Waals surface area contributed by atoms with E-state index in [1.165, 1.54) is 32.3 Å². The first-order valence-corrected chi connectivity index (χ1v) is 13.1. The molecular weight excluding hydrogens is 494 g/mol. The Labute approximate surface area is 216 Å². The Morgan fingerprint density at radius 1 is 1.03 bits per heavy atom. The van der Waals surface area contributed by atoms with Crippen molar-refractivity contribution in [3.8, 4) is 11.5 Å². The normalized spacial score (nSPS) is 12.8. The number of methoxy groups -OCH3 is 1. The molecule has 194 valence electrons. The molecule has 0 saturated heterocycles. The Kier molecular flexibility index (Phi) is 7.51. The second-order valence-corrected chi connectivity index (χ2v) is 11.0. The number of hydrogen-bond donors (Lipinski definition) is 1. The summed E-state index contributed by atoms with van der Waals surface area (Å²) in [6.07, 6.45) is 0.730. The van der Waals surface area contributed by atoms with Crippen molar-refractivity contribution in [2.24, 2.45) is 0 Å². The zero-order chi connectivity index (χ0) is 26.7. The third-order valence-electron chi connectivity index (χ3n) is 6.13. The molecule has 0 saturated carbocycles. The Morgan fingerprint density at radius 3 is 2.41 bits per heavy atom. The van der Waals surface area contributed by atoms with Crippen molar-refractivity contribution >= 4 is 33.2 Å². The smallest absolute Gasteiger partial charge is 0.262 e. The van der Waals surface area contributed by atoms with Crippen LogP contribution >= 0.6 is 0 Å². The van der Waals surface area contributed by atoms with Crippen molar-refractivity contribution in [3.05, 3.63) is 77.4 Å². The van der Waals surface area contributed by atoms with Crippen LogP contribution in [0, 0.1) is 6.92 Å². The highest BCUT2D eigenvalue weighted by Gasteiger charge is 2.26. The topological polar surface area (TPSA) is 105 Å². The van der Waals surface area contributed by atoms with Crippen LogP contribution < -0.4 is 19.7 Å². The molecule has 3 aromatic carbocycles. The summed E-state index contributed by atoms with van der Waals surface area (Å²) in [5.74, 6) is 0.590. The molecule has 3 aromatic rings. The lowest BCUT2D eigenvalue weighted by molar-refractivity contribution is -0.118. The van der Waals surface area contributed by atoms with Gasteiger partial charge in [-0.1, -0.05) is 6.07 Å². The van der Waals surface area contributed by atoms with E-state index < -0.39 is 10.0 Å². The van der Waals surface area contributed by atoms with Gasteiger partial charge in [0.25, 0.3) is 11.8 Å². The minimum absolute atomic E-state index is 0.122. The fraction of sp³-hybridized carbons (Fsp3) is 0.259. The molecule has 4 rings (SSSR count). The second-order valence-electron chi connectivity index (χ2n) is 8.83. The molecule has 0 aliphatic carbocycles. The van der Waals surface area contributed by atoms with Gasteiger partial charge in [-0.2, -0.15) is 0 Å². The summed E-state index contributed by atoms with van der Waals surface area (Å²) in [6.45, 7) is 2.02. The number of benzene rings is 3. The van der Waals surface area contributed by atoms with Crippen molar-refractivity contribution < 1.29 is 27.5 Å². The van der Waals surface area contributed by atoms with Crippen LogP contribution in [0.1, 0.15) is 21.5 Å². The van der Waals surface area contributed by atoms with Gasteiger partial charge in [-0.25, -0.2) is 12.7 Å². The molecule has 2 amide bonds. The fourth-order valence-electron chi connectivity index (χ4n) is 4.05. The molecule has 10 heteroatoms. The van der Waals surface area contributed by atoms with E-state index >= 15 is 0 Å². The summed E-state index contributed by atoms with van der Waals surface area (Å²) < 4.78 is 36.6. The highest BCUT2D eigenvalue weighted by molar-refractivity contribution is 7.89. The Bertz CT molecular complexity index is 1430. The molecule has 0 aromatic heterocycles. The Morgan fingerprint density at radius 2 is 1.76 bits per heavy atom. The van der Waals surface area contributed by atoms with E-state index in [0.29, 0.717) is 34.9 Å². The number of carbonyl (C=O) groups excluding carboxylic acids is 2. The van der Waals surface area contributed by atoms with Crippen molar-refractivity contribution in [1.82, 2.24) is 4.31 Å². The number of anilines is 2. The van der Waals surface area contributed by atoms with Crippen molar-refractivity contribution in [2.45, 2.75) is 18.2 Å². The van der Waals surface area contributed by atoms with Crippen LogP contribution in [0.5, 0.6) is 11.5 Å². The standard InChI is InChI=1S/C27H29N3O6S/c1-18-15-23(37(33,34)29(2)3)11-12-25(18)36-17-26(31)28-21-8-5-19-13-14-30(24(19)16-21)27(32)20-6-9-22(35-4)10-7-20/h5-12,15-16H,13-14,17H2,1-4H3,(H,28,31). The molecule has 0 fully saturated rings. The quantitative estimate of drug-likeness (QED) is 0.485.